The van der Waals surface area contributed by atoms with Crippen LogP contribution in [0.2, 0.25) is 0 Å². The Bertz CT molecular complexity index is 951. The maximum Gasteiger partial charge on any atom is 0.357 e. The van der Waals surface area contributed by atoms with Crippen molar-refractivity contribution in [2.45, 2.75) is 25.1 Å². The van der Waals surface area contributed by atoms with E-state index in [4.69, 9.17) is 9.26 Å². The molecular weight excluding hydrogens is 368 g/mol. The normalized spacial score (nSPS) is 11.8. The summed E-state index contributed by atoms with van der Waals surface area (Å²) in [5, 5.41) is 6.86. The van der Waals surface area contributed by atoms with Gasteiger partial charge in [-0.1, -0.05) is 35.1 Å². The van der Waals surface area contributed by atoms with Gasteiger partial charge in [0.05, 0.1) is 6.20 Å². The molecule has 1 N–H and O–H groups in total. The van der Waals surface area contributed by atoms with Crippen LogP contribution in [0.4, 0.5) is 5.82 Å². The molecule has 0 aliphatic carbocycles. The predicted molar refractivity (Wildman–Crippen MR) is 100 cm³/mol. The summed E-state index contributed by atoms with van der Waals surface area (Å²) in [6, 6.07) is 10.9. The molecule has 0 aliphatic heterocycles. The minimum atomic E-state index is -1.02. The highest BCUT2D eigenvalue weighted by atomic mass is 32.2. The molecule has 0 bridgehead atoms. The topological polar surface area (TPSA) is 99.2 Å². The van der Waals surface area contributed by atoms with Gasteiger partial charge >= 0.3 is 5.97 Å². The van der Waals surface area contributed by atoms with Gasteiger partial charge in [-0.15, -0.1) is 0 Å². The molecule has 0 aliphatic rings. The van der Waals surface area contributed by atoms with Crippen molar-refractivity contribution in [3.63, 3.8) is 0 Å². The SMILES string of the molecule is CSc1ncc(C(=O)OC(C)C(=O)Nc2cc(C)on2)n1-c1ccccc1. The number of carbonyl (C=O) groups is 2. The third kappa shape index (κ3) is 4.20. The molecule has 1 unspecified atom stereocenters. The molecule has 1 amide bonds. The number of imidazole rings is 1. The Morgan fingerprint density at radius 2 is 2.04 bits per heavy atom. The molecule has 0 fully saturated rings. The number of hydrogen-bond acceptors (Lipinski definition) is 7. The van der Waals surface area contributed by atoms with Crippen LogP contribution in [0.25, 0.3) is 5.69 Å². The zero-order chi connectivity index (χ0) is 19.4. The van der Waals surface area contributed by atoms with Crippen LogP contribution in [-0.4, -0.2) is 38.9 Å². The van der Waals surface area contributed by atoms with Gasteiger partial charge in [0.25, 0.3) is 5.91 Å². The Morgan fingerprint density at radius 1 is 1.30 bits per heavy atom. The van der Waals surface area contributed by atoms with Crippen LogP contribution in [0.3, 0.4) is 0 Å². The number of aryl methyl sites for hydroxylation is 1. The van der Waals surface area contributed by atoms with E-state index in [-0.39, 0.29) is 11.5 Å². The first-order valence-electron chi connectivity index (χ1n) is 8.12. The number of carbonyl (C=O) groups excluding carboxylic acids is 2. The number of amides is 1. The van der Waals surface area contributed by atoms with Crippen LogP contribution in [0.5, 0.6) is 0 Å². The van der Waals surface area contributed by atoms with Crippen molar-refractivity contribution in [2.24, 2.45) is 0 Å². The Morgan fingerprint density at radius 3 is 2.67 bits per heavy atom. The summed E-state index contributed by atoms with van der Waals surface area (Å²) in [7, 11) is 0. The fraction of sp³-hybridized carbons (Fsp3) is 0.222. The van der Waals surface area contributed by atoms with E-state index < -0.39 is 18.0 Å². The maximum absolute atomic E-state index is 12.6. The fourth-order valence-electron chi connectivity index (χ4n) is 2.38. The molecule has 0 saturated carbocycles. The first-order valence-corrected chi connectivity index (χ1v) is 9.34. The van der Waals surface area contributed by atoms with Crippen molar-refractivity contribution in [1.29, 1.82) is 0 Å². The summed E-state index contributed by atoms with van der Waals surface area (Å²) in [5.41, 5.74) is 1.02. The van der Waals surface area contributed by atoms with Crippen molar-refractivity contribution in [2.75, 3.05) is 11.6 Å². The summed E-state index contributed by atoms with van der Waals surface area (Å²) >= 11 is 1.40. The first-order chi connectivity index (χ1) is 13.0. The van der Waals surface area contributed by atoms with Crippen LogP contribution in [0.1, 0.15) is 23.2 Å². The number of para-hydroxylation sites is 1. The molecule has 2 heterocycles. The summed E-state index contributed by atoms with van der Waals surface area (Å²) in [6.07, 6.45) is 2.28. The van der Waals surface area contributed by atoms with Crippen molar-refractivity contribution >= 4 is 29.5 Å². The minimum absolute atomic E-state index is 0.238. The Kier molecular flexibility index (Phi) is 5.60. The lowest BCUT2D eigenvalue weighted by molar-refractivity contribution is -0.123. The molecule has 0 spiro atoms. The second-order valence-electron chi connectivity index (χ2n) is 5.66. The zero-order valence-electron chi connectivity index (χ0n) is 15.0. The van der Waals surface area contributed by atoms with Gasteiger partial charge in [0, 0.05) is 11.8 Å². The predicted octanol–water partition coefficient (Wildman–Crippen LogP) is 3.07. The van der Waals surface area contributed by atoms with E-state index in [0.29, 0.717) is 10.9 Å². The van der Waals surface area contributed by atoms with Crippen LogP contribution in [0, 0.1) is 6.92 Å². The summed E-state index contributed by atoms with van der Waals surface area (Å²) in [4.78, 5) is 29.1. The van der Waals surface area contributed by atoms with Gasteiger partial charge in [-0.05, 0) is 32.2 Å². The summed E-state index contributed by atoms with van der Waals surface area (Å²) in [5.74, 6) is -0.330. The Labute approximate surface area is 159 Å². The Hall–Kier alpha value is -3.07. The molecule has 1 aromatic carbocycles. The first kappa shape index (κ1) is 18.7. The number of esters is 1. The van der Waals surface area contributed by atoms with E-state index in [9.17, 15) is 9.59 Å². The highest BCUT2D eigenvalue weighted by Crippen LogP contribution is 2.22. The molecule has 0 saturated heterocycles. The monoisotopic (exact) mass is 386 g/mol. The van der Waals surface area contributed by atoms with Gasteiger partial charge in [-0.3, -0.25) is 9.36 Å². The van der Waals surface area contributed by atoms with Crippen molar-refractivity contribution in [3.05, 3.63) is 54.0 Å². The van der Waals surface area contributed by atoms with E-state index in [0.717, 1.165) is 5.69 Å². The van der Waals surface area contributed by atoms with Crippen LogP contribution in [-0.2, 0) is 9.53 Å². The van der Waals surface area contributed by atoms with Gasteiger partial charge in [0.15, 0.2) is 22.8 Å². The molecule has 3 rings (SSSR count). The van der Waals surface area contributed by atoms with Gasteiger partial charge in [0.1, 0.15) is 5.76 Å². The highest BCUT2D eigenvalue weighted by Gasteiger charge is 2.24. The Balaban J connectivity index is 1.76. The molecule has 3 aromatic rings. The lowest BCUT2D eigenvalue weighted by atomic mass is 10.3. The van der Waals surface area contributed by atoms with Gasteiger partial charge in [-0.25, -0.2) is 9.78 Å². The number of aromatic nitrogens is 3. The second-order valence-corrected chi connectivity index (χ2v) is 6.43. The number of rotatable bonds is 6. The number of nitrogens with zero attached hydrogens (tertiary/aromatic N) is 3. The molecule has 140 valence electrons. The van der Waals surface area contributed by atoms with Crippen molar-refractivity contribution in [1.82, 2.24) is 14.7 Å². The molecule has 9 heteroatoms. The lowest BCUT2D eigenvalue weighted by Crippen LogP contribution is -2.30. The minimum Gasteiger partial charge on any atom is -0.448 e. The molecule has 1 atom stereocenters. The average molecular weight is 386 g/mol. The molecular formula is C18H18N4O4S. The number of benzene rings is 1. The number of anilines is 1. The molecule has 2 aromatic heterocycles. The average Bonchev–Trinajstić information content (AvgIpc) is 3.28. The standard InChI is InChI=1S/C18H18N4O4S/c1-11-9-15(21-26-11)20-16(23)12(2)25-17(24)14-10-19-18(27-3)22(14)13-7-5-4-6-8-13/h4-10,12H,1-3H3,(H,20,21,23). The van der Waals surface area contributed by atoms with Crippen molar-refractivity contribution < 1.29 is 18.8 Å². The third-order valence-corrected chi connectivity index (χ3v) is 4.32. The molecule has 27 heavy (non-hydrogen) atoms. The quantitative estimate of drug-likeness (QED) is 0.513. The number of ether oxygens (including phenoxy) is 1. The van der Waals surface area contributed by atoms with Crippen molar-refractivity contribution in [3.8, 4) is 5.69 Å². The van der Waals surface area contributed by atoms with E-state index >= 15 is 0 Å². The zero-order valence-corrected chi connectivity index (χ0v) is 15.8. The maximum atomic E-state index is 12.6. The number of hydrogen-bond donors (Lipinski definition) is 1. The van der Waals surface area contributed by atoms with Crippen LogP contribution in [0.15, 0.2) is 52.3 Å². The lowest BCUT2D eigenvalue weighted by Gasteiger charge is -2.14. The fourth-order valence-corrected chi connectivity index (χ4v) is 2.92. The van der Waals surface area contributed by atoms with E-state index in [1.54, 1.807) is 17.6 Å². The van der Waals surface area contributed by atoms with E-state index in [1.165, 1.54) is 24.9 Å². The van der Waals surface area contributed by atoms with Gasteiger partial charge in [0.2, 0.25) is 0 Å². The smallest absolute Gasteiger partial charge is 0.357 e. The van der Waals surface area contributed by atoms with Gasteiger partial charge < -0.3 is 14.6 Å². The molecule has 8 nitrogen and oxygen atoms in total. The third-order valence-electron chi connectivity index (χ3n) is 3.67. The largest absolute Gasteiger partial charge is 0.448 e. The van der Waals surface area contributed by atoms with Gasteiger partial charge in [-0.2, -0.15) is 0 Å². The second kappa shape index (κ2) is 8.09. The van der Waals surface area contributed by atoms with Crippen LogP contribution < -0.4 is 5.32 Å². The highest BCUT2D eigenvalue weighted by molar-refractivity contribution is 7.98. The van der Waals surface area contributed by atoms with E-state index in [2.05, 4.69) is 15.5 Å². The van der Waals surface area contributed by atoms with E-state index in [1.807, 2.05) is 36.6 Å². The number of thioether (sulfide) groups is 1. The summed E-state index contributed by atoms with van der Waals surface area (Å²) in [6.45, 7) is 3.19. The summed E-state index contributed by atoms with van der Waals surface area (Å²) < 4.78 is 11.9. The number of nitrogens with one attached hydrogen (secondary N) is 1. The molecule has 0 radical (unpaired) electrons. The van der Waals surface area contributed by atoms with Crippen LogP contribution >= 0.6 is 11.8 Å².